The summed E-state index contributed by atoms with van der Waals surface area (Å²) in [6.07, 6.45) is 1.86. The van der Waals surface area contributed by atoms with Crippen LogP contribution in [0.15, 0.2) is 46.9 Å². The van der Waals surface area contributed by atoms with Gasteiger partial charge in [0.1, 0.15) is 0 Å². The van der Waals surface area contributed by atoms with Crippen molar-refractivity contribution >= 4 is 39.1 Å². The molecule has 4 heteroatoms. The number of rotatable bonds is 6. The van der Waals surface area contributed by atoms with Crippen LogP contribution in [0.3, 0.4) is 0 Å². The van der Waals surface area contributed by atoms with Crippen LogP contribution in [0.4, 0.5) is 0 Å². The van der Waals surface area contributed by atoms with Crippen molar-refractivity contribution in [2.45, 2.75) is 25.8 Å². The third-order valence-corrected chi connectivity index (χ3v) is 4.47. The van der Waals surface area contributed by atoms with Gasteiger partial charge in [0.15, 0.2) is 0 Å². The molecule has 1 atom stereocenters. The van der Waals surface area contributed by atoms with Gasteiger partial charge in [-0.05, 0) is 54.8 Å². The van der Waals surface area contributed by atoms with Crippen LogP contribution < -0.4 is 5.32 Å². The van der Waals surface area contributed by atoms with Crippen LogP contribution in [0.1, 0.15) is 18.1 Å². The van der Waals surface area contributed by atoms with Crippen molar-refractivity contribution in [3.05, 3.63) is 68.1 Å². The summed E-state index contributed by atoms with van der Waals surface area (Å²) in [7, 11) is 0. The fourth-order valence-electron chi connectivity index (χ4n) is 2.36. The van der Waals surface area contributed by atoms with Gasteiger partial charge in [-0.3, -0.25) is 0 Å². The van der Waals surface area contributed by atoms with Crippen LogP contribution in [0.25, 0.3) is 0 Å². The Morgan fingerprint density at radius 1 is 1.05 bits per heavy atom. The van der Waals surface area contributed by atoms with E-state index in [1.54, 1.807) is 0 Å². The second-order valence-electron chi connectivity index (χ2n) is 5.03. The fraction of sp³-hybridized carbons (Fsp3) is 0.294. The van der Waals surface area contributed by atoms with Gasteiger partial charge < -0.3 is 5.32 Å². The Kier molecular flexibility index (Phi) is 6.56. The van der Waals surface area contributed by atoms with Gasteiger partial charge in [0.2, 0.25) is 0 Å². The summed E-state index contributed by atoms with van der Waals surface area (Å²) in [4.78, 5) is 0. The van der Waals surface area contributed by atoms with Crippen LogP contribution >= 0.6 is 39.1 Å². The van der Waals surface area contributed by atoms with Gasteiger partial charge in [-0.15, -0.1) is 0 Å². The lowest BCUT2D eigenvalue weighted by Gasteiger charge is -2.19. The number of nitrogens with one attached hydrogen (secondary N) is 1. The zero-order valence-corrected chi connectivity index (χ0v) is 15.0. The first-order valence-corrected chi connectivity index (χ1v) is 8.55. The molecule has 2 rings (SSSR count). The molecule has 0 heterocycles. The van der Waals surface area contributed by atoms with Crippen LogP contribution in [-0.4, -0.2) is 12.6 Å². The lowest BCUT2D eigenvalue weighted by Crippen LogP contribution is -2.33. The molecule has 0 aliphatic rings. The molecule has 0 amide bonds. The average molecular weight is 387 g/mol. The number of halogens is 3. The zero-order valence-electron chi connectivity index (χ0n) is 11.9. The van der Waals surface area contributed by atoms with E-state index in [1.807, 2.05) is 24.3 Å². The van der Waals surface area contributed by atoms with Gasteiger partial charge in [-0.2, -0.15) is 0 Å². The second-order valence-corrected chi connectivity index (χ2v) is 6.78. The predicted octanol–water partition coefficient (Wildman–Crippen LogP) is 5.52. The maximum atomic E-state index is 6.32. The van der Waals surface area contributed by atoms with E-state index in [1.165, 1.54) is 11.1 Å². The van der Waals surface area contributed by atoms with Gasteiger partial charge in [0.25, 0.3) is 0 Å². The lowest BCUT2D eigenvalue weighted by atomic mass is 9.99. The van der Waals surface area contributed by atoms with Crippen molar-refractivity contribution in [1.29, 1.82) is 0 Å². The molecule has 21 heavy (non-hydrogen) atoms. The molecular weight excluding hydrogens is 369 g/mol. The summed E-state index contributed by atoms with van der Waals surface area (Å²) in [5.74, 6) is 0. The molecule has 1 nitrogen and oxygen atoms in total. The third kappa shape index (κ3) is 5.30. The van der Waals surface area contributed by atoms with Crippen LogP contribution in [-0.2, 0) is 12.8 Å². The summed E-state index contributed by atoms with van der Waals surface area (Å²) >= 11 is 15.7. The van der Waals surface area contributed by atoms with E-state index < -0.39 is 0 Å². The van der Waals surface area contributed by atoms with Gasteiger partial charge in [-0.1, -0.05) is 64.3 Å². The summed E-state index contributed by atoms with van der Waals surface area (Å²) < 4.78 is 1.01. The van der Waals surface area contributed by atoms with Crippen molar-refractivity contribution in [2.24, 2.45) is 0 Å². The van der Waals surface area contributed by atoms with E-state index in [4.69, 9.17) is 23.2 Å². The van der Waals surface area contributed by atoms with E-state index in [0.717, 1.165) is 33.9 Å². The Morgan fingerprint density at radius 2 is 1.76 bits per heavy atom. The molecule has 0 fully saturated rings. The largest absolute Gasteiger partial charge is 0.314 e. The molecule has 1 N–H and O–H groups in total. The van der Waals surface area contributed by atoms with Crippen molar-refractivity contribution < 1.29 is 0 Å². The molecule has 0 saturated heterocycles. The lowest BCUT2D eigenvalue weighted by molar-refractivity contribution is 0.521. The van der Waals surface area contributed by atoms with Crippen LogP contribution in [0.2, 0.25) is 10.0 Å². The SMILES string of the molecule is CCNC(Cc1ccc(Cl)cc1)Cc1ccc(Br)cc1Cl. The Labute approximate surface area is 144 Å². The zero-order chi connectivity index (χ0) is 15.2. The van der Waals surface area contributed by atoms with E-state index in [-0.39, 0.29) is 0 Å². The van der Waals surface area contributed by atoms with Crippen LogP contribution in [0.5, 0.6) is 0 Å². The highest BCUT2D eigenvalue weighted by Gasteiger charge is 2.12. The first-order chi connectivity index (χ1) is 10.1. The average Bonchev–Trinajstić information content (AvgIpc) is 2.44. The van der Waals surface area contributed by atoms with Crippen molar-refractivity contribution in [2.75, 3.05) is 6.54 Å². The van der Waals surface area contributed by atoms with E-state index in [9.17, 15) is 0 Å². The topological polar surface area (TPSA) is 12.0 Å². The number of hydrogen-bond acceptors (Lipinski definition) is 1. The minimum absolute atomic E-state index is 0.356. The molecule has 2 aromatic carbocycles. The number of benzene rings is 2. The monoisotopic (exact) mass is 385 g/mol. The Hall–Kier alpha value is -0.540. The number of hydrogen-bond donors (Lipinski definition) is 1. The summed E-state index contributed by atoms with van der Waals surface area (Å²) in [6, 6.07) is 14.5. The first-order valence-electron chi connectivity index (χ1n) is 7.00. The van der Waals surface area contributed by atoms with E-state index >= 15 is 0 Å². The molecule has 0 saturated carbocycles. The highest BCUT2D eigenvalue weighted by molar-refractivity contribution is 9.10. The summed E-state index contributed by atoms with van der Waals surface area (Å²) in [6.45, 7) is 3.06. The summed E-state index contributed by atoms with van der Waals surface area (Å²) in [5.41, 5.74) is 2.44. The molecule has 0 bridgehead atoms. The molecule has 0 spiro atoms. The molecule has 0 aliphatic carbocycles. The van der Waals surface area contributed by atoms with E-state index in [2.05, 4.69) is 46.4 Å². The fourth-order valence-corrected chi connectivity index (χ4v) is 3.24. The molecular formula is C17H18BrCl2N. The van der Waals surface area contributed by atoms with Crippen molar-refractivity contribution in [1.82, 2.24) is 5.32 Å². The Morgan fingerprint density at radius 3 is 2.38 bits per heavy atom. The smallest absolute Gasteiger partial charge is 0.0449 e. The molecule has 0 aromatic heterocycles. The maximum Gasteiger partial charge on any atom is 0.0449 e. The molecule has 112 valence electrons. The highest BCUT2D eigenvalue weighted by atomic mass is 79.9. The maximum absolute atomic E-state index is 6.32. The predicted molar refractivity (Wildman–Crippen MR) is 95.5 cm³/mol. The minimum Gasteiger partial charge on any atom is -0.314 e. The quantitative estimate of drug-likeness (QED) is 0.689. The summed E-state index contributed by atoms with van der Waals surface area (Å²) in [5, 5.41) is 5.11. The Bertz CT molecular complexity index is 584. The third-order valence-electron chi connectivity index (χ3n) is 3.37. The normalized spacial score (nSPS) is 12.4. The van der Waals surface area contributed by atoms with E-state index in [0.29, 0.717) is 6.04 Å². The molecule has 0 aliphatic heterocycles. The standard InChI is InChI=1S/C17H18BrCl2N/c1-2-21-16(9-12-3-7-15(19)8-4-12)10-13-5-6-14(18)11-17(13)20/h3-8,11,16,21H,2,9-10H2,1H3. The van der Waals surface area contributed by atoms with Gasteiger partial charge in [0, 0.05) is 20.6 Å². The second kappa shape index (κ2) is 8.19. The van der Waals surface area contributed by atoms with Crippen molar-refractivity contribution in [3.8, 4) is 0 Å². The van der Waals surface area contributed by atoms with Gasteiger partial charge in [0.05, 0.1) is 0 Å². The minimum atomic E-state index is 0.356. The Balaban J connectivity index is 2.09. The van der Waals surface area contributed by atoms with Gasteiger partial charge >= 0.3 is 0 Å². The highest BCUT2D eigenvalue weighted by Crippen LogP contribution is 2.23. The molecule has 2 aromatic rings. The van der Waals surface area contributed by atoms with Gasteiger partial charge in [-0.25, -0.2) is 0 Å². The number of likely N-dealkylation sites (N-methyl/N-ethyl adjacent to an activating group) is 1. The first kappa shape index (κ1) is 16.8. The van der Waals surface area contributed by atoms with Crippen molar-refractivity contribution in [3.63, 3.8) is 0 Å². The van der Waals surface area contributed by atoms with Crippen LogP contribution in [0, 0.1) is 0 Å². The molecule has 1 unspecified atom stereocenters. The molecule has 0 radical (unpaired) electrons.